The summed E-state index contributed by atoms with van der Waals surface area (Å²) >= 11 is 0. The molecule has 0 spiro atoms. The van der Waals surface area contributed by atoms with Gasteiger partial charge in [0.25, 0.3) is 0 Å². The fraction of sp³-hybridized carbons (Fsp3) is 0.167. The summed E-state index contributed by atoms with van der Waals surface area (Å²) in [5, 5.41) is 1.58. The highest BCUT2D eigenvalue weighted by Gasteiger charge is 2.31. The minimum Gasteiger partial charge on any atom is -0.490 e. The van der Waals surface area contributed by atoms with Crippen molar-refractivity contribution in [1.82, 2.24) is 9.44 Å². The smallest absolute Gasteiger partial charge is 0.241 e. The van der Waals surface area contributed by atoms with Crippen LogP contribution < -0.4 is 28.4 Å². The zero-order valence-corrected chi connectivity index (χ0v) is 35.5. The van der Waals surface area contributed by atoms with Crippen molar-refractivity contribution >= 4 is 42.0 Å². The Morgan fingerprint density at radius 1 is 0.438 bits per heavy atom. The van der Waals surface area contributed by atoms with E-state index in [9.17, 15) is 25.6 Å². The molecule has 10 rings (SSSR count). The molecule has 12 nitrogen and oxygen atoms in total. The molecule has 0 radical (unpaired) electrons. The number of halogens is 2. The lowest BCUT2D eigenvalue weighted by atomic mass is 10.0. The summed E-state index contributed by atoms with van der Waals surface area (Å²) in [5.41, 5.74) is 1.48. The quantitative estimate of drug-likeness (QED) is 0.136. The van der Waals surface area contributed by atoms with Crippen molar-refractivity contribution in [3.8, 4) is 23.0 Å². The third-order valence-electron chi connectivity index (χ3n) is 10.5. The van der Waals surface area contributed by atoms with E-state index in [1.807, 2.05) is 36.4 Å². The van der Waals surface area contributed by atoms with E-state index in [1.54, 1.807) is 60.7 Å². The number of hydrogen-bond acceptors (Lipinski definition) is 10. The maximum absolute atomic E-state index is 14.7. The average molecular weight is 907 g/mol. The van der Waals surface area contributed by atoms with Gasteiger partial charge in [0.05, 0.1) is 36.2 Å². The molecule has 2 N–H and O–H groups in total. The Balaban J connectivity index is 0.000000162. The van der Waals surface area contributed by atoms with Gasteiger partial charge in [-0.25, -0.2) is 25.6 Å². The molecule has 16 heteroatoms. The summed E-state index contributed by atoms with van der Waals surface area (Å²) in [6.07, 6.45) is 1.41. The van der Waals surface area contributed by atoms with Gasteiger partial charge in [0, 0.05) is 46.9 Å². The van der Waals surface area contributed by atoms with Gasteiger partial charge in [-0.15, -0.1) is 0 Å². The van der Waals surface area contributed by atoms with Crippen LogP contribution in [-0.4, -0.2) is 43.3 Å². The number of para-hydroxylation sites is 2. The van der Waals surface area contributed by atoms with Gasteiger partial charge in [0.1, 0.15) is 46.4 Å². The average Bonchev–Trinajstić information content (AvgIpc) is 3.76. The number of nitrogens with one attached hydrogen (secondary N) is 2. The van der Waals surface area contributed by atoms with E-state index in [4.69, 9.17) is 27.8 Å². The van der Waals surface area contributed by atoms with Crippen LogP contribution in [0.1, 0.15) is 47.6 Å². The van der Waals surface area contributed by atoms with Gasteiger partial charge in [-0.3, -0.25) is 0 Å². The summed E-state index contributed by atoms with van der Waals surface area (Å²) < 4.78 is 122. The van der Waals surface area contributed by atoms with E-state index >= 15 is 0 Å². The van der Waals surface area contributed by atoms with Crippen LogP contribution in [0.5, 0.6) is 23.0 Å². The lowest BCUT2D eigenvalue weighted by molar-refractivity contribution is 0.296. The molecule has 2 atom stereocenters. The van der Waals surface area contributed by atoms with Crippen LogP contribution >= 0.6 is 0 Å². The number of fused-ring (bicyclic) bond motifs is 4. The number of ether oxygens (including phenoxy) is 4. The fourth-order valence-electron chi connectivity index (χ4n) is 7.33. The van der Waals surface area contributed by atoms with Crippen LogP contribution in [0.15, 0.2) is 164 Å². The molecular formula is C48H40F2N2O10S2. The number of hydrogen-bond donors (Lipinski definition) is 2. The predicted molar refractivity (Wildman–Crippen MR) is 234 cm³/mol. The Morgan fingerprint density at radius 3 is 1.22 bits per heavy atom. The van der Waals surface area contributed by atoms with Crippen molar-refractivity contribution in [3.63, 3.8) is 0 Å². The van der Waals surface area contributed by atoms with Crippen LogP contribution in [0.25, 0.3) is 21.9 Å². The first-order valence-corrected chi connectivity index (χ1v) is 23.3. The summed E-state index contributed by atoms with van der Waals surface area (Å²) in [7, 11) is -8.14. The van der Waals surface area contributed by atoms with Crippen LogP contribution in [0.4, 0.5) is 8.78 Å². The number of benzene rings is 6. The first-order valence-electron chi connectivity index (χ1n) is 20.3. The number of rotatable bonds is 10. The Morgan fingerprint density at radius 2 is 0.812 bits per heavy atom. The molecular weight excluding hydrogens is 867 g/mol. The number of sulfonamides is 2. The van der Waals surface area contributed by atoms with Crippen molar-refractivity contribution < 1.29 is 53.4 Å². The van der Waals surface area contributed by atoms with E-state index in [1.165, 1.54) is 48.5 Å². The molecule has 8 aromatic rings. The molecule has 0 saturated carbocycles. The molecule has 4 heterocycles. The van der Waals surface area contributed by atoms with E-state index < -0.39 is 43.8 Å². The second kappa shape index (κ2) is 18.2. The minimum atomic E-state index is -4.07. The van der Waals surface area contributed by atoms with Gasteiger partial charge in [0.2, 0.25) is 20.0 Å². The SMILES string of the molecule is O=S(=O)(N[C@@H](c1cc2ccccc2o1)c1ccccc1F)c1ccc2c(c1)OCCCO2.O=S(=O)(N[C@H](c1cc2ccccc2o1)c1ccccc1F)c1ccc2c(c1)OCCCO2. The molecule has 0 fully saturated rings. The normalized spacial score (nSPS) is 14.8. The molecule has 64 heavy (non-hydrogen) atoms. The molecule has 2 aliphatic heterocycles. The Labute approximate surface area is 367 Å². The van der Waals surface area contributed by atoms with E-state index in [0.717, 1.165) is 10.8 Å². The van der Waals surface area contributed by atoms with Crippen molar-refractivity contribution in [2.24, 2.45) is 0 Å². The van der Waals surface area contributed by atoms with Gasteiger partial charge in [-0.05, 0) is 60.7 Å². The van der Waals surface area contributed by atoms with Crippen LogP contribution in [0, 0.1) is 11.6 Å². The van der Waals surface area contributed by atoms with Crippen molar-refractivity contribution in [2.75, 3.05) is 26.4 Å². The Hall–Kier alpha value is -6.72. The van der Waals surface area contributed by atoms with Crippen molar-refractivity contribution in [3.05, 3.63) is 180 Å². The highest BCUT2D eigenvalue weighted by atomic mass is 32.2. The molecule has 0 amide bonds. The fourth-order valence-corrected chi connectivity index (χ4v) is 9.72. The van der Waals surface area contributed by atoms with Crippen LogP contribution in [-0.2, 0) is 20.0 Å². The zero-order chi connectivity index (χ0) is 44.3. The zero-order valence-electron chi connectivity index (χ0n) is 33.9. The van der Waals surface area contributed by atoms with Gasteiger partial charge < -0.3 is 27.8 Å². The first kappa shape index (κ1) is 42.6. The summed E-state index contributed by atoms with van der Waals surface area (Å²) in [6.45, 7) is 1.86. The topological polar surface area (TPSA) is 156 Å². The highest BCUT2D eigenvalue weighted by molar-refractivity contribution is 7.89. The van der Waals surface area contributed by atoms with E-state index in [2.05, 4.69) is 9.44 Å². The maximum Gasteiger partial charge on any atom is 0.241 e. The second-order valence-electron chi connectivity index (χ2n) is 14.8. The van der Waals surface area contributed by atoms with Gasteiger partial charge in [0.15, 0.2) is 23.0 Å². The first-order chi connectivity index (χ1) is 31.0. The Bertz CT molecular complexity index is 2910. The second-order valence-corrected chi connectivity index (χ2v) is 18.3. The molecule has 2 aliphatic rings. The summed E-state index contributed by atoms with van der Waals surface area (Å²) in [6, 6.07) is 36.7. The molecule has 0 unspecified atom stereocenters. The minimum absolute atomic E-state index is 0.0146. The van der Waals surface area contributed by atoms with E-state index in [-0.39, 0.29) is 32.4 Å². The lowest BCUT2D eigenvalue weighted by Gasteiger charge is -2.18. The Kier molecular flexibility index (Phi) is 12.1. The summed E-state index contributed by atoms with van der Waals surface area (Å²) in [4.78, 5) is -0.0293. The lowest BCUT2D eigenvalue weighted by Crippen LogP contribution is -2.30. The monoisotopic (exact) mass is 906 g/mol. The maximum atomic E-state index is 14.7. The van der Waals surface area contributed by atoms with Gasteiger partial charge >= 0.3 is 0 Å². The van der Waals surface area contributed by atoms with E-state index in [0.29, 0.717) is 73.4 Å². The third-order valence-corrected chi connectivity index (χ3v) is 13.3. The molecule has 0 aliphatic carbocycles. The van der Waals surface area contributed by atoms with Crippen molar-refractivity contribution in [2.45, 2.75) is 34.7 Å². The largest absolute Gasteiger partial charge is 0.490 e. The predicted octanol–water partition coefficient (Wildman–Crippen LogP) is 9.60. The van der Waals surface area contributed by atoms with Crippen LogP contribution in [0.3, 0.4) is 0 Å². The summed E-state index contributed by atoms with van der Waals surface area (Å²) in [5.74, 6) is 1.18. The molecule has 0 saturated heterocycles. The van der Waals surface area contributed by atoms with Gasteiger partial charge in [-0.2, -0.15) is 9.44 Å². The number of furan rings is 2. The van der Waals surface area contributed by atoms with Crippen molar-refractivity contribution in [1.29, 1.82) is 0 Å². The highest BCUT2D eigenvalue weighted by Crippen LogP contribution is 2.37. The third kappa shape index (κ3) is 9.17. The van der Waals surface area contributed by atoms with Crippen LogP contribution in [0.2, 0.25) is 0 Å². The standard InChI is InChI=1S/2C24H20FNO5S/c2*25-19-8-3-2-7-18(19)24(23-14-16-6-1-4-9-20(16)31-23)26-32(27,28)17-10-11-21-22(15-17)30-13-5-12-29-21/h2*1-4,6-11,14-15,24,26H,5,12-13H2/t2*24-/m10/s1. The van der Waals surface area contributed by atoms with Gasteiger partial charge in [-0.1, -0.05) is 72.8 Å². The molecule has 0 bridgehead atoms. The molecule has 2 aromatic heterocycles. The molecule has 328 valence electrons. The molecule has 6 aromatic carbocycles.